The van der Waals surface area contributed by atoms with Crippen LogP contribution in [0.25, 0.3) is 0 Å². The van der Waals surface area contributed by atoms with Gasteiger partial charge in [0.2, 0.25) is 0 Å². The number of hydrogen-bond acceptors (Lipinski definition) is 5. The minimum absolute atomic E-state index is 0.0935. The molecule has 0 unspecified atom stereocenters. The van der Waals surface area contributed by atoms with E-state index in [0.717, 1.165) is 24.8 Å². The summed E-state index contributed by atoms with van der Waals surface area (Å²) in [5, 5.41) is 32.5. The molecule has 3 N–H and O–H groups in total. The molecule has 0 radical (unpaired) electrons. The van der Waals surface area contributed by atoms with Gasteiger partial charge < -0.3 is 19.7 Å². The fraction of sp³-hybridized carbons (Fsp3) is 0.750. The van der Waals surface area contributed by atoms with Crippen molar-refractivity contribution < 1.29 is 24.5 Å². The first-order chi connectivity index (χ1) is 11.7. The molecule has 5 heteroatoms. The lowest BCUT2D eigenvalue weighted by atomic mass is 9.43. The van der Waals surface area contributed by atoms with Crippen molar-refractivity contribution in [2.24, 2.45) is 22.7 Å². The highest BCUT2D eigenvalue weighted by Gasteiger charge is 2.67. The number of aliphatic hydroxyl groups excluding tert-OH is 2. The second-order valence-corrected chi connectivity index (χ2v) is 8.69. The standard InChI is InChI=1S/C20H30O5/c1-13-15(22)16(23)17-18(2,12-21)7-4-8-19(17,3)20(13,24)9-5-14-6-10-25-11-14/h6,10-11,13,16-17,21,23-24H,4-5,7-9,12H2,1-3H3/t13-,16-,17+,18-,19+,20-/m1/s1. The lowest BCUT2D eigenvalue weighted by molar-refractivity contribution is -0.239. The number of aryl methyl sites for hydroxylation is 1. The molecule has 0 spiro atoms. The third-order valence-corrected chi connectivity index (χ3v) is 7.36. The van der Waals surface area contributed by atoms with Crippen LogP contribution in [0.5, 0.6) is 0 Å². The molecule has 2 fully saturated rings. The summed E-state index contributed by atoms with van der Waals surface area (Å²) < 4.78 is 5.11. The van der Waals surface area contributed by atoms with E-state index in [1.54, 1.807) is 19.5 Å². The van der Waals surface area contributed by atoms with E-state index in [4.69, 9.17) is 4.42 Å². The number of carbonyl (C=O) groups is 1. The molecule has 6 atom stereocenters. The van der Waals surface area contributed by atoms with Crippen LogP contribution in [0.1, 0.15) is 52.0 Å². The van der Waals surface area contributed by atoms with Crippen molar-refractivity contribution in [3.63, 3.8) is 0 Å². The van der Waals surface area contributed by atoms with Crippen LogP contribution in [0.15, 0.2) is 23.0 Å². The highest BCUT2D eigenvalue weighted by Crippen LogP contribution is 2.62. The van der Waals surface area contributed by atoms with Crippen molar-refractivity contribution in [3.8, 4) is 0 Å². The first-order valence-electron chi connectivity index (χ1n) is 9.26. The highest BCUT2D eigenvalue weighted by molar-refractivity contribution is 5.88. The number of rotatable bonds is 4. The van der Waals surface area contributed by atoms with Crippen LogP contribution in [0.4, 0.5) is 0 Å². The predicted molar refractivity (Wildman–Crippen MR) is 92.8 cm³/mol. The van der Waals surface area contributed by atoms with E-state index in [1.807, 2.05) is 19.9 Å². The van der Waals surface area contributed by atoms with Crippen molar-refractivity contribution in [3.05, 3.63) is 24.2 Å². The summed E-state index contributed by atoms with van der Waals surface area (Å²) in [4.78, 5) is 12.8. The molecule has 140 valence electrons. The smallest absolute Gasteiger partial charge is 0.167 e. The van der Waals surface area contributed by atoms with E-state index in [0.29, 0.717) is 12.8 Å². The van der Waals surface area contributed by atoms with Gasteiger partial charge in [0.1, 0.15) is 6.10 Å². The molecule has 1 aromatic rings. The quantitative estimate of drug-likeness (QED) is 0.775. The number of fused-ring (bicyclic) bond motifs is 1. The summed E-state index contributed by atoms with van der Waals surface area (Å²) in [5.41, 5.74) is -1.42. The summed E-state index contributed by atoms with van der Waals surface area (Å²) in [6, 6.07) is 1.87. The maximum Gasteiger partial charge on any atom is 0.167 e. The molecule has 0 bridgehead atoms. The van der Waals surface area contributed by atoms with Gasteiger partial charge in [-0.2, -0.15) is 0 Å². The fourth-order valence-electron chi connectivity index (χ4n) is 5.75. The molecule has 5 nitrogen and oxygen atoms in total. The van der Waals surface area contributed by atoms with Gasteiger partial charge >= 0.3 is 0 Å². The predicted octanol–water partition coefficient (Wildman–Crippen LogP) is 2.33. The number of aliphatic hydroxyl groups is 3. The average Bonchev–Trinajstić information content (AvgIpc) is 3.10. The van der Waals surface area contributed by atoms with E-state index in [2.05, 4.69) is 0 Å². The third-order valence-electron chi connectivity index (χ3n) is 7.36. The molecule has 1 aromatic heterocycles. The summed E-state index contributed by atoms with van der Waals surface area (Å²) in [6.07, 6.45) is 5.53. The maximum absolute atomic E-state index is 12.8. The van der Waals surface area contributed by atoms with E-state index >= 15 is 0 Å². The van der Waals surface area contributed by atoms with Crippen LogP contribution in [0, 0.1) is 22.7 Å². The van der Waals surface area contributed by atoms with Crippen molar-refractivity contribution in [2.75, 3.05) is 6.61 Å². The Morgan fingerprint density at radius 2 is 2.04 bits per heavy atom. The molecule has 0 saturated heterocycles. The number of ketones is 1. The highest BCUT2D eigenvalue weighted by atomic mass is 16.3. The molecule has 2 saturated carbocycles. The van der Waals surface area contributed by atoms with Gasteiger partial charge in [-0.1, -0.05) is 27.2 Å². The first-order valence-corrected chi connectivity index (χ1v) is 9.26. The van der Waals surface area contributed by atoms with Gasteiger partial charge in [0, 0.05) is 23.9 Å². The summed E-state index contributed by atoms with van der Waals surface area (Å²) >= 11 is 0. The zero-order valence-electron chi connectivity index (χ0n) is 15.4. The molecule has 25 heavy (non-hydrogen) atoms. The minimum Gasteiger partial charge on any atom is -0.472 e. The average molecular weight is 350 g/mol. The van der Waals surface area contributed by atoms with Gasteiger partial charge in [-0.25, -0.2) is 0 Å². The van der Waals surface area contributed by atoms with Crippen LogP contribution < -0.4 is 0 Å². The van der Waals surface area contributed by atoms with Gasteiger partial charge in [-0.05, 0) is 42.7 Å². The Morgan fingerprint density at radius 1 is 1.32 bits per heavy atom. The van der Waals surface area contributed by atoms with Crippen LogP contribution in [-0.4, -0.2) is 39.4 Å². The van der Waals surface area contributed by atoms with Gasteiger partial charge in [0.25, 0.3) is 0 Å². The Bertz CT molecular complexity index is 626. The monoisotopic (exact) mass is 350 g/mol. The molecule has 0 aromatic carbocycles. The minimum atomic E-state index is -1.22. The number of furan rings is 1. The Balaban J connectivity index is 2.01. The van der Waals surface area contributed by atoms with Crippen LogP contribution in [0.2, 0.25) is 0 Å². The molecule has 2 aliphatic rings. The SMILES string of the molecule is C[C@@H]1C(=O)[C@@H](O)[C@H]2[C@@](C)(CO)CCC[C@]2(C)[C@@]1(O)CCc1ccoc1. The lowest BCUT2D eigenvalue weighted by Crippen LogP contribution is -2.70. The van der Waals surface area contributed by atoms with Crippen molar-refractivity contribution in [2.45, 2.75) is 64.6 Å². The number of hydrogen-bond donors (Lipinski definition) is 3. The van der Waals surface area contributed by atoms with Gasteiger partial charge in [0.05, 0.1) is 18.1 Å². The second-order valence-electron chi connectivity index (χ2n) is 8.69. The van der Waals surface area contributed by atoms with Crippen LogP contribution in [0.3, 0.4) is 0 Å². The second kappa shape index (κ2) is 6.22. The van der Waals surface area contributed by atoms with Crippen LogP contribution >= 0.6 is 0 Å². The Kier molecular flexibility index (Phi) is 4.63. The summed E-state index contributed by atoms with van der Waals surface area (Å²) in [6.45, 7) is 5.56. The normalized spacial score (nSPS) is 44.6. The molecule has 3 rings (SSSR count). The first kappa shape index (κ1) is 18.6. The maximum atomic E-state index is 12.8. The van der Waals surface area contributed by atoms with E-state index < -0.39 is 34.4 Å². The van der Waals surface area contributed by atoms with Crippen molar-refractivity contribution in [1.82, 2.24) is 0 Å². The van der Waals surface area contributed by atoms with Gasteiger partial charge in [0.15, 0.2) is 5.78 Å². The summed E-state index contributed by atoms with van der Waals surface area (Å²) in [7, 11) is 0. The molecule has 2 aliphatic carbocycles. The zero-order chi connectivity index (χ0) is 18.5. The molecular formula is C20H30O5. The Hall–Kier alpha value is -1.17. The molecule has 1 heterocycles. The Labute approximate surface area is 149 Å². The molecular weight excluding hydrogens is 320 g/mol. The largest absolute Gasteiger partial charge is 0.472 e. The molecule has 0 aliphatic heterocycles. The zero-order valence-corrected chi connectivity index (χ0v) is 15.4. The third kappa shape index (κ3) is 2.59. The fourth-order valence-corrected chi connectivity index (χ4v) is 5.75. The van der Waals surface area contributed by atoms with Gasteiger partial charge in [-0.3, -0.25) is 4.79 Å². The van der Waals surface area contributed by atoms with E-state index in [-0.39, 0.29) is 12.4 Å². The topological polar surface area (TPSA) is 90.9 Å². The number of carbonyl (C=O) groups excluding carboxylic acids is 1. The van der Waals surface area contributed by atoms with Gasteiger partial charge in [-0.15, -0.1) is 0 Å². The van der Waals surface area contributed by atoms with E-state index in [9.17, 15) is 20.1 Å². The van der Waals surface area contributed by atoms with Crippen molar-refractivity contribution >= 4 is 5.78 Å². The summed E-state index contributed by atoms with van der Waals surface area (Å²) in [5.74, 6) is -1.40. The lowest BCUT2D eigenvalue weighted by Gasteiger charge is -2.63. The van der Waals surface area contributed by atoms with Crippen molar-refractivity contribution in [1.29, 1.82) is 0 Å². The molecule has 0 amide bonds. The van der Waals surface area contributed by atoms with Crippen LogP contribution in [-0.2, 0) is 11.2 Å². The number of Topliss-reactive ketones (excluding diaryl/α,β-unsaturated/α-hetero) is 1. The Morgan fingerprint density at radius 3 is 2.64 bits per heavy atom. The van der Waals surface area contributed by atoms with E-state index in [1.165, 1.54) is 0 Å².